The van der Waals surface area contributed by atoms with Gasteiger partial charge in [0.2, 0.25) is 5.91 Å². The average molecular weight is 301 g/mol. The average Bonchev–Trinajstić information content (AvgIpc) is 2.36. The molecule has 0 aliphatic carbocycles. The summed E-state index contributed by atoms with van der Waals surface area (Å²) in [5.74, 6) is 1.40. The first-order chi connectivity index (χ1) is 9.11. The van der Waals surface area contributed by atoms with Crippen molar-refractivity contribution in [2.45, 2.75) is 33.1 Å². The van der Waals surface area contributed by atoms with Crippen molar-refractivity contribution < 1.29 is 9.53 Å². The zero-order chi connectivity index (χ0) is 14.1. The quantitative estimate of drug-likeness (QED) is 0.775. The van der Waals surface area contributed by atoms with Crippen molar-refractivity contribution in [2.75, 3.05) is 18.5 Å². The largest absolute Gasteiger partial charge is 0.494 e. The van der Waals surface area contributed by atoms with E-state index in [1.54, 1.807) is 0 Å². The number of carbonyl (C=O) groups excluding carboxylic acids is 1. The number of nitrogens with two attached hydrogens (primary N) is 1. The van der Waals surface area contributed by atoms with Gasteiger partial charge in [-0.3, -0.25) is 4.79 Å². The standard InChI is InChI=1S/C15H24N2O2.ClH/c1-12(2)8-10-19-14-6-3-5-13(11-14)17-15(18)7-4-9-16;/h3,5-6,11-12H,4,7-10,16H2,1-2H3,(H,17,18);1H. The van der Waals surface area contributed by atoms with Crippen LogP contribution in [0.25, 0.3) is 0 Å². The number of benzene rings is 1. The SMILES string of the molecule is CC(C)CCOc1cccc(NC(=O)CCCN)c1.Cl. The van der Waals surface area contributed by atoms with Crippen molar-refractivity contribution in [3.05, 3.63) is 24.3 Å². The molecule has 0 bridgehead atoms. The van der Waals surface area contributed by atoms with Gasteiger partial charge in [-0.05, 0) is 37.4 Å². The molecule has 0 aromatic heterocycles. The predicted molar refractivity (Wildman–Crippen MR) is 85.6 cm³/mol. The number of rotatable bonds is 8. The maximum atomic E-state index is 11.6. The van der Waals surface area contributed by atoms with E-state index in [4.69, 9.17) is 10.5 Å². The Kier molecular flexibility index (Phi) is 9.86. The summed E-state index contributed by atoms with van der Waals surface area (Å²) in [6.45, 7) is 5.56. The van der Waals surface area contributed by atoms with Crippen molar-refractivity contribution in [3.63, 3.8) is 0 Å². The lowest BCUT2D eigenvalue weighted by atomic mass is 10.1. The van der Waals surface area contributed by atoms with Crippen LogP contribution >= 0.6 is 12.4 Å². The van der Waals surface area contributed by atoms with Crippen molar-refractivity contribution in [1.29, 1.82) is 0 Å². The second kappa shape index (κ2) is 10.5. The monoisotopic (exact) mass is 300 g/mol. The van der Waals surface area contributed by atoms with Gasteiger partial charge in [-0.2, -0.15) is 0 Å². The van der Waals surface area contributed by atoms with E-state index < -0.39 is 0 Å². The molecule has 0 aliphatic heterocycles. The van der Waals surface area contributed by atoms with Crippen LogP contribution < -0.4 is 15.8 Å². The van der Waals surface area contributed by atoms with Crippen molar-refractivity contribution >= 4 is 24.0 Å². The van der Waals surface area contributed by atoms with Gasteiger partial charge in [0.1, 0.15) is 5.75 Å². The zero-order valence-electron chi connectivity index (χ0n) is 12.2. The Morgan fingerprint density at radius 2 is 2.15 bits per heavy atom. The van der Waals surface area contributed by atoms with Gasteiger partial charge < -0.3 is 15.8 Å². The molecule has 1 amide bonds. The fourth-order valence-electron chi connectivity index (χ4n) is 1.56. The molecule has 0 fully saturated rings. The molecule has 0 radical (unpaired) electrons. The molecule has 0 aliphatic rings. The van der Waals surface area contributed by atoms with Crippen LogP contribution in [0, 0.1) is 5.92 Å². The summed E-state index contributed by atoms with van der Waals surface area (Å²) in [7, 11) is 0. The van der Waals surface area contributed by atoms with Crippen LogP contribution in [0.3, 0.4) is 0 Å². The van der Waals surface area contributed by atoms with Crippen LogP contribution in [-0.2, 0) is 4.79 Å². The van der Waals surface area contributed by atoms with Gasteiger partial charge in [0, 0.05) is 18.2 Å². The van der Waals surface area contributed by atoms with Crippen molar-refractivity contribution in [3.8, 4) is 5.75 Å². The molecule has 1 rings (SSSR count). The summed E-state index contributed by atoms with van der Waals surface area (Å²) >= 11 is 0. The van der Waals surface area contributed by atoms with E-state index in [1.165, 1.54) is 0 Å². The van der Waals surface area contributed by atoms with Gasteiger partial charge in [0.25, 0.3) is 0 Å². The molecule has 1 aromatic rings. The summed E-state index contributed by atoms with van der Waals surface area (Å²) < 4.78 is 5.65. The molecule has 0 saturated carbocycles. The highest BCUT2D eigenvalue weighted by atomic mass is 35.5. The predicted octanol–water partition coefficient (Wildman–Crippen LogP) is 3.21. The van der Waals surface area contributed by atoms with Crippen LogP contribution in [-0.4, -0.2) is 19.1 Å². The highest BCUT2D eigenvalue weighted by Gasteiger charge is 2.03. The lowest BCUT2D eigenvalue weighted by Gasteiger charge is -2.10. The summed E-state index contributed by atoms with van der Waals surface area (Å²) in [6, 6.07) is 7.48. The van der Waals surface area contributed by atoms with Gasteiger partial charge in [-0.15, -0.1) is 12.4 Å². The molecule has 0 spiro atoms. The van der Waals surface area contributed by atoms with E-state index in [-0.39, 0.29) is 18.3 Å². The van der Waals surface area contributed by atoms with E-state index >= 15 is 0 Å². The summed E-state index contributed by atoms with van der Waals surface area (Å²) in [5, 5.41) is 2.84. The molecule has 20 heavy (non-hydrogen) atoms. The van der Waals surface area contributed by atoms with Gasteiger partial charge in [0.15, 0.2) is 0 Å². The summed E-state index contributed by atoms with van der Waals surface area (Å²) in [4.78, 5) is 11.6. The Labute approximate surface area is 127 Å². The Morgan fingerprint density at radius 1 is 1.40 bits per heavy atom. The topological polar surface area (TPSA) is 64.3 Å². The number of hydrogen-bond acceptors (Lipinski definition) is 3. The third-order valence-electron chi connectivity index (χ3n) is 2.69. The normalized spacial score (nSPS) is 10.0. The molecule has 3 N–H and O–H groups in total. The van der Waals surface area contributed by atoms with E-state index in [0.717, 1.165) is 17.9 Å². The number of hydrogen-bond donors (Lipinski definition) is 2. The number of amides is 1. The van der Waals surface area contributed by atoms with Crippen molar-refractivity contribution in [2.24, 2.45) is 11.7 Å². The maximum Gasteiger partial charge on any atom is 0.224 e. The van der Waals surface area contributed by atoms with E-state index in [0.29, 0.717) is 31.9 Å². The van der Waals surface area contributed by atoms with Crippen LogP contribution in [0.5, 0.6) is 5.75 Å². The van der Waals surface area contributed by atoms with Gasteiger partial charge in [0.05, 0.1) is 6.61 Å². The molecular weight excluding hydrogens is 276 g/mol. The second-order valence-electron chi connectivity index (χ2n) is 5.00. The van der Waals surface area contributed by atoms with Gasteiger partial charge >= 0.3 is 0 Å². The first kappa shape index (κ1) is 18.7. The fourth-order valence-corrected chi connectivity index (χ4v) is 1.56. The van der Waals surface area contributed by atoms with Crippen molar-refractivity contribution in [1.82, 2.24) is 0 Å². The third kappa shape index (κ3) is 8.02. The molecule has 1 aromatic carbocycles. The minimum Gasteiger partial charge on any atom is -0.494 e. The molecular formula is C15H25ClN2O2. The first-order valence-electron chi connectivity index (χ1n) is 6.84. The highest BCUT2D eigenvalue weighted by Crippen LogP contribution is 2.18. The molecule has 0 saturated heterocycles. The Bertz CT molecular complexity index is 397. The number of carbonyl (C=O) groups is 1. The highest BCUT2D eigenvalue weighted by molar-refractivity contribution is 5.90. The Balaban J connectivity index is 0.00000361. The minimum absolute atomic E-state index is 0. The van der Waals surface area contributed by atoms with E-state index in [1.807, 2.05) is 24.3 Å². The van der Waals surface area contributed by atoms with Crippen LogP contribution in [0.15, 0.2) is 24.3 Å². The fraction of sp³-hybridized carbons (Fsp3) is 0.533. The number of ether oxygens (including phenoxy) is 1. The summed E-state index contributed by atoms with van der Waals surface area (Å²) in [6.07, 6.45) is 2.18. The molecule has 4 nitrogen and oxygen atoms in total. The molecule has 0 atom stereocenters. The number of halogens is 1. The van der Waals surface area contributed by atoms with Crippen LogP contribution in [0.2, 0.25) is 0 Å². The lowest BCUT2D eigenvalue weighted by molar-refractivity contribution is -0.116. The molecule has 114 valence electrons. The first-order valence-corrected chi connectivity index (χ1v) is 6.84. The second-order valence-corrected chi connectivity index (χ2v) is 5.00. The maximum absolute atomic E-state index is 11.6. The Hall–Kier alpha value is -1.26. The summed E-state index contributed by atoms with van der Waals surface area (Å²) in [5.41, 5.74) is 6.14. The minimum atomic E-state index is -0.00946. The zero-order valence-corrected chi connectivity index (χ0v) is 13.0. The van der Waals surface area contributed by atoms with Crippen LogP contribution in [0.4, 0.5) is 5.69 Å². The molecule has 0 heterocycles. The third-order valence-corrected chi connectivity index (χ3v) is 2.69. The Morgan fingerprint density at radius 3 is 2.80 bits per heavy atom. The van der Waals surface area contributed by atoms with Gasteiger partial charge in [-0.25, -0.2) is 0 Å². The van der Waals surface area contributed by atoms with E-state index in [9.17, 15) is 4.79 Å². The van der Waals surface area contributed by atoms with Gasteiger partial charge in [-0.1, -0.05) is 19.9 Å². The lowest BCUT2D eigenvalue weighted by Crippen LogP contribution is -2.13. The van der Waals surface area contributed by atoms with Crippen LogP contribution in [0.1, 0.15) is 33.1 Å². The molecule has 5 heteroatoms. The number of nitrogens with one attached hydrogen (secondary N) is 1. The van der Waals surface area contributed by atoms with E-state index in [2.05, 4.69) is 19.2 Å². The molecule has 0 unspecified atom stereocenters. The number of anilines is 1. The smallest absolute Gasteiger partial charge is 0.224 e.